The molecule has 3 aromatic carbocycles. The zero-order chi connectivity index (χ0) is 35.9. The molecule has 0 bridgehead atoms. The van der Waals surface area contributed by atoms with Crippen molar-refractivity contribution in [2.45, 2.75) is 101 Å². The number of allylic oxidation sites excluding steroid dienone is 1. The van der Waals surface area contributed by atoms with E-state index in [0.717, 1.165) is 32.1 Å². The fraction of sp³-hybridized carbons (Fsp3) is 0.419. The van der Waals surface area contributed by atoms with Crippen molar-refractivity contribution in [3.63, 3.8) is 0 Å². The van der Waals surface area contributed by atoms with Crippen molar-refractivity contribution in [1.82, 2.24) is 0 Å². The minimum atomic E-state index is -0.802. The SMILES string of the molecule is C=CCCC[C@@H](C[C@@H]1CC[C@@]2(CC[C@@H](C)[C@H]([C@@H](C/C=C\CCOC(=O)c3ccccc3)OC(=O)c3ccccc3)O2)O1)OC(=O)c1ccccc1. The zero-order valence-electron chi connectivity index (χ0n) is 29.5. The smallest absolute Gasteiger partial charge is 0.338 e. The molecule has 2 fully saturated rings. The summed E-state index contributed by atoms with van der Waals surface area (Å²) < 4.78 is 31.1. The summed E-state index contributed by atoms with van der Waals surface area (Å²) >= 11 is 0. The van der Waals surface area contributed by atoms with Gasteiger partial charge in [-0.2, -0.15) is 0 Å². The van der Waals surface area contributed by atoms with E-state index in [2.05, 4.69) is 13.5 Å². The minimum Gasteiger partial charge on any atom is -0.462 e. The van der Waals surface area contributed by atoms with Gasteiger partial charge in [-0.1, -0.05) is 79.7 Å². The van der Waals surface area contributed by atoms with E-state index in [1.54, 1.807) is 48.5 Å². The van der Waals surface area contributed by atoms with Crippen LogP contribution in [0.2, 0.25) is 0 Å². The zero-order valence-corrected chi connectivity index (χ0v) is 29.5. The van der Waals surface area contributed by atoms with Crippen LogP contribution in [0.25, 0.3) is 0 Å². The molecular weight excluding hydrogens is 644 g/mol. The Bertz CT molecular complexity index is 1570. The molecule has 6 atom stereocenters. The lowest BCUT2D eigenvalue weighted by molar-refractivity contribution is -0.296. The van der Waals surface area contributed by atoms with Crippen LogP contribution in [0.1, 0.15) is 102 Å². The maximum atomic E-state index is 13.3. The van der Waals surface area contributed by atoms with E-state index in [0.29, 0.717) is 48.8 Å². The van der Waals surface area contributed by atoms with E-state index >= 15 is 0 Å². The largest absolute Gasteiger partial charge is 0.462 e. The van der Waals surface area contributed by atoms with E-state index < -0.39 is 24.0 Å². The molecule has 270 valence electrons. The Morgan fingerprint density at radius 3 is 2.00 bits per heavy atom. The molecule has 1 spiro atoms. The van der Waals surface area contributed by atoms with Crippen molar-refractivity contribution in [2.75, 3.05) is 6.61 Å². The van der Waals surface area contributed by atoms with E-state index in [9.17, 15) is 14.4 Å². The highest BCUT2D eigenvalue weighted by Crippen LogP contribution is 2.45. The fourth-order valence-corrected chi connectivity index (χ4v) is 6.77. The summed E-state index contributed by atoms with van der Waals surface area (Å²) in [4.78, 5) is 38.6. The molecule has 0 radical (unpaired) electrons. The number of hydrogen-bond donors (Lipinski definition) is 0. The van der Waals surface area contributed by atoms with Gasteiger partial charge in [-0.05, 0) is 80.8 Å². The van der Waals surface area contributed by atoms with E-state index in [-0.39, 0.29) is 36.7 Å². The Labute approximate surface area is 301 Å². The Morgan fingerprint density at radius 1 is 0.784 bits per heavy atom. The molecule has 2 aliphatic heterocycles. The minimum absolute atomic E-state index is 0.116. The molecule has 0 aliphatic carbocycles. The highest BCUT2D eigenvalue weighted by atomic mass is 16.7. The topological polar surface area (TPSA) is 97.4 Å². The van der Waals surface area contributed by atoms with Crippen molar-refractivity contribution < 1.29 is 38.1 Å². The highest BCUT2D eigenvalue weighted by Gasteiger charge is 2.49. The number of ether oxygens (including phenoxy) is 5. The number of carbonyl (C=O) groups is 3. The Balaban J connectivity index is 1.22. The molecule has 5 rings (SSSR count). The second-order valence-corrected chi connectivity index (χ2v) is 13.4. The van der Waals surface area contributed by atoms with E-state index in [1.807, 2.05) is 60.7 Å². The number of hydrogen-bond acceptors (Lipinski definition) is 8. The van der Waals surface area contributed by atoms with Crippen LogP contribution in [0, 0.1) is 5.92 Å². The maximum absolute atomic E-state index is 13.3. The fourth-order valence-electron chi connectivity index (χ4n) is 6.77. The van der Waals surface area contributed by atoms with E-state index in [1.165, 1.54) is 0 Å². The summed E-state index contributed by atoms with van der Waals surface area (Å²) in [6.45, 7) is 6.20. The van der Waals surface area contributed by atoms with Gasteiger partial charge in [-0.3, -0.25) is 0 Å². The van der Waals surface area contributed by atoms with Crippen molar-refractivity contribution >= 4 is 17.9 Å². The average molecular weight is 695 g/mol. The van der Waals surface area contributed by atoms with Crippen LogP contribution in [0.3, 0.4) is 0 Å². The molecule has 0 aromatic heterocycles. The molecule has 8 nitrogen and oxygen atoms in total. The predicted octanol–water partition coefficient (Wildman–Crippen LogP) is 9.07. The summed E-state index contributed by atoms with van der Waals surface area (Å²) in [5.41, 5.74) is 1.52. The molecule has 2 saturated heterocycles. The van der Waals surface area contributed by atoms with Gasteiger partial charge in [0.05, 0.1) is 29.4 Å². The Kier molecular flexibility index (Phi) is 14.2. The second-order valence-electron chi connectivity index (χ2n) is 13.4. The van der Waals surface area contributed by atoms with Gasteiger partial charge >= 0.3 is 17.9 Å². The first-order valence-corrected chi connectivity index (χ1v) is 18.2. The standard InChI is InChI=1S/C43H50O8/c1-3-4-9-24-36(48-41(45)34-20-12-6-13-21-34)31-37-27-29-43(50-37)28-26-32(2)39(51-43)38(49-42(46)35-22-14-7-15-23-35)25-16-8-17-30-47-40(44)33-18-10-5-11-19-33/h3,5-8,10-16,18-23,32,36-39H,1,4,9,17,24-31H2,2H3/b16-8-/t32-,36+,37+,38-,39-,43+/m1/s1. The third-order valence-electron chi connectivity index (χ3n) is 9.56. The number of carbonyl (C=O) groups excluding carboxylic acids is 3. The lowest BCUT2D eigenvalue weighted by Gasteiger charge is -2.44. The van der Waals surface area contributed by atoms with Crippen LogP contribution in [-0.2, 0) is 23.7 Å². The third-order valence-corrected chi connectivity index (χ3v) is 9.56. The Morgan fingerprint density at radius 2 is 1.37 bits per heavy atom. The number of esters is 3. The van der Waals surface area contributed by atoms with Gasteiger partial charge in [0.2, 0.25) is 0 Å². The summed E-state index contributed by atoms with van der Waals surface area (Å²) in [6, 6.07) is 26.9. The first kappa shape index (κ1) is 37.7. The molecule has 51 heavy (non-hydrogen) atoms. The molecule has 8 heteroatoms. The van der Waals surface area contributed by atoms with Crippen LogP contribution >= 0.6 is 0 Å². The molecule has 3 aromatic rings. The van der Waals surface area contributed by atoms with Gasteiger partial charge in [0.1, 0.15) is 18.3 Å². The summed E-state index contributed by atoms with van der Waals surface area (Å²) in [7, 11) is 0. The first-order valence-electron chi connectivity index (χ1n) is 18.2. The Hall–Kier alpha value is -4.53. The molecule has 0 N–H and O–H groups in total. The van der Waals surface area contributed by atoms with Gasteiger partial charge in [0.25, 0.3) is 0 Å². The third kappa shape index (κ3) is 11.2. The number of benzene rings is 3. The van der Waals surface area contributed by atoms with Crippen LogP contribution in [0.4, 0.5) is 0 Å². The van der Waals surface area contributed by atoms with Gasteiger partial charge in [0, 0.05) is 25.7 Å². The molecule has 2 heterocycles. The van der Waals surface area contributed by atoms with Crippen molar-refractivity contribution in [1.29, 1.82) is 0 Å². The van der Waals surface area contributed by atoms with Gasteiger partial charge < -0.3 is 23.7 Å². The summed E-state index contributed by atoms with van der Waals surface area (Å²) in [5.74, 6) is -1.79. The molecule has 2 aliphatic rings. The summed E-state index contributed by atoms with van der Waals surface area (Å²) in [5, 5.41) is 0. The molecule has 0 amide bonds. The number of unbranched alkanes of at least 4 members (excludes halogenated alkanes) is 1. The quantitative estimate of drug-likeness (QED) is 0.0598. The van der Waals surface area contributed by atoms with Crippen molar-refractivity contribution in [2.24, 2.45) is 5.92 Å². The first-order chi connectivity index (χ1) is 24.9. The van der Waals surface area contributed by atoms with Crippen LogP contribution < -0.4 is 0 Å². The molecule has 0 saturated carbocycles. The van der Waals surface area contributed by atoms with Crippen LogP contribution in [-0.4, -0.2) is 54.7 Å². The van der Waals surface area contributed by atoms with Crippen LogP contribution in [0.15, 0.2) is 116 Å². The monoisotopic (exact) mass is 694 g/mol. The second kappa shape index (κ2) is 19.2. The van der Waals surface area contributed by atoms with Gasteiger partial charge in [0.15, 0.2) is 5.79 Å². The normalized spacial score (nSPS) is 22.6. The predicted molar refractivity (Wildman–Crippen MR) is 195 cm³/mol. The lowest BCUT2D eigenvalue weighted by atomic mass is 9.86. The average Bonchev–Trinajstić information content (AvgIpc) is 3.55. The summed E-state index contributed by atoms with van der Waals surface area (Å²) in [6.07, 6.45) is 11.4. The molecular formula is C43H50O8. The molecule has 0 unspecified atom stereocenters. The van der Waals surface area contributed by atoms with E-state index in [4.69, 9.17) is 23.7 Å². The van der Waals surface area contributed by atoms with Gasteiger partial charge in [-0.25, -0.2) is 14.4 Å². The van der Waals surface area contributed by atoms with Crippen molar-refractivity contribution in [3.05, 3.63) is 132 Å². The van der Waals surface area contributed by atoms with Gasteiger partial charge in [-0.15, -0.1) is 6.58 Å². The van der Waals surface area contributed by atoms with Crippen LogP contribution in [0.5, 0.6) is 0 Å². The maximum Gasteiger partial charge on any atom is 0.338 e. The highest BCUT2D eigenvalue weighted by molar-refractivity contribution is 5.90. The lowest BCUT2D eigenvalue weighted by Crippen LogP contribution is -2.50. The van der Waals surface area contributed by atoms with Crippen molar-refractivity contribution in [3.8, 4) is 0 Å². The number of rotatable bonds is 17.